The molecule has 4 heterocycles. The molecule has 1 aliphatic carbocycles. The lowest BCUT2D eigenvalue weighted by molar-refractivity contribution is -0.136. The second-order valence-electron chi connectivity index (χ2n) is 10.4. The van der Waals surface area contributed by atoms with E-state index in [0.29, 0.717) is 43.2 Å². The first-order chi connectivity index (χ1) is 17.9. The molecule has 190 valence electrons. The summed E-state index contributed by atoms with van der Waals surface area (Å²) >= 11 is 0. The zero-order valence-electron chi connectivity index (χ0n) is 20.8. The van der Waals surface area contributed by atoms with E-state index in [0.717, 1.165) is 42.5 Å². The van der Waals surface area contributed by atoms with Gasteiger partial charge in [0.05, 0.1) is 5.69 Å². The number of hydrogen-bond donors (Lipinski definition) is 1. The van der Waals surface area contributed by atoms with Crippen molar-refractivity contribution in [1.82, 2.24) is 24.9 Å². The van der Waals surface area contributed by atoms with Gasteiger partial charge in [-0.3, -0.25) is 29.2 Å². The number of rotatable bonds is 3. The monoisotopic (exact) mass is 499 g/mol. The van der Waals surface area contributed by atoms with Crippen molar-refractivity contribution in [2.45, 2.75) is 57.0 Å². The maximum Gasteiger partial charge on any atom is 0.272 e. The molecule has 1 atom stereocenters. The Bertz CT molecular complexity index is 1370. The Labute approximate surface area is 215 Å². The van der Waals surface area contributed by atoms with Crippen molar-refractivity contribution in [3.05, 3.63) is 52.3 Å². The first-order valence-electron chi connectivity index (χ1n) is 13.0. The summed E-state index contributed by atoms with van der Waals surface area (Å²) in [5.74, 6) is 6.45. The van der Waals surface area contributed by atoms with E-state index in [-0.39, 0.29) is 30.1 Å². The minimum atomic E-state index is -0.639. The largest absolute Gasteiger partial charge is 0.337 e. The summed E-state index contributed by atoms with van der Waals surface area (Å²) in [4.78, 5) is 53.4. The number of benzene rings is 1. The Morgan fingerprint density at radius 3 is 2.59 bits per heavy atom. The van der Waals surface area contributed by atoms with Gasteiger partial charge in [-0.2, -0.15) is 5.10 Å². The summed E-state index contributed by atoms with van der Waals surface area (Å²) < 4.78 is 1.71. The first kappa shape index (κ1) is 23.5. The minimum Gasteiger partial charge on any atom is -0.337 e. The number of nitrogens with zero attached hydrogens (tertiary/aromatic N) is 4. The third-order valence-corrected chi connectivity index (χ3v) is 7.89. The third-order valence-electron chi connectivity index (χ3n) is 7.89. The highest BCUT2D eigenvalue weighted by Gasteiger charge is 2.39. The van der Waals surface area contributed by atoms with Gasteiger partial charge >= 0.3 is 0 Å². The van der Waals surface area contributed by atoms with Gasteiger partial charge in [-0.05, 0) is 55.9 Å². The second kappa shape index (κ2) is 9.18. The molecule has 3 fully saturated rings. The molecule has 0 spiro atoms. The van der Waals surface area contributed by atoms with Crippen LogP contribution in [0.25, 0.3) is 0 Å². The van der Waals surface area contributed by atoms with Crippen molar-refractivity contribution < 1.29 is 19.2 Å². The Balaban J connectivity index is 1.11. The van der Waals surface area contributed by atoms with E-state index >= 15 is 0 Å². The summed E-state index contributed by atoms with van der Waals surface area (Å²) in [5, 5.41) is 6.86. The van der Waals surface area contributed by atoms with E-state index in [1.807, 2.05) is 30.1 Å². The van der Waals surface area contributed by atoms with Gasteiger partial charge < -0.3 is 9.80 Å². The zero-order chi connectivity index (χ0) is 25.7. The molecule has 4 aliphatic rings. The summed E-state index contributed by atoms with van der Waals surface area (Å²) in [6.45, 7) is 1.61. The highest BCUT2D eigenvalue weighted by atomic mass is 16.2. The third kappa shape index (κ3) is 4.41. The number of aromatic nitrogens is 2. The Kier molecular flexibility index (Phi) is 5.82. The number of carbonyl (C=O) groups excluding carboxylic acids is 4. The van der Waals surface area contributed by atoms with Crippen LogP contribution in [0.1, 0.15) is 82.1 Å². The summed E-state index contributed by atoms with van der Waals surface area (Å²) in [7, 11) is 1.84. The molecule has 9 nitrogen and oxygen atoms in total. The van der Waals surface area contributed by atoms with E-state index in [2.05, 4.69) is 22.3 Å². The predicted octanol–water partition coefficient (Wildman–Crippen LogP) is 1.96. The van der Waals surface area contributed by atoms with E-state index in [4.69, 9.17) is 0 Å². The number of aryl methyl sites for hydroxylation is 1. The van der Waals surface area contributed by atoms with Crippen molar-refractivity contribution >= 4 is 23.6 Å². The molecule has 1 saturated carbocycles. The number of carbonyl (C=O) groups is 4. The van der Waals surface area contributed by atoms with Crippen LogP contribution in [-0.2, 0) is 23.2 Å². The normalized spacial score (nSPS) is 22.0. The van der Waals surface area contributed by atoms with E-state index < -0.39 is 11.9 Å². The van der Waals surface area contributed by atoms with Gasteiger partial charge in [0.1, 0.15) is 11.7 Å². The molecule has 2 saturated heterocycles. The maximum absolute atomic E-state index is 13.1. The molecule has 37 heavy (non-hydrogen) atoms. The smallest absolute Gasteiger partial charge is 0.272 e. The quantitative estimate of drug-likeness (QED) is 0.514. The molecule has 0 radical (unpaired) electrons. The van der Waals surface area contributed by atoms with Crippen LogP contribution in [-0.4, -0.2) is 62.3 Å². The standard InChI is InChI=1S/C28H29N5O4/c1-31-24(15-22(30-31)19-7-8-19)28(37)32-13-11-17(12-14-32)5-6-18-3-2-4-20-21(18)16-33(27(20)36)23-9-10-25(34)29-26(23)35/h2-4,15,17,19,23H,7-14,16H2,1H3,(H,29,34,35). The second-order valence-corrected chi connectivity index (χ2v) is 10.4. The number of fused-ring (bicyclic) bond motifs is 1. The molecule has 1 aromatic heterocycles. The van der Waals surface area contributed by atoms with Crippen LogP contribution in [0, 0.1) is 17.8 Å². The lowest BCUT2D eigenvalue weighted by Gasteiger charge is -2.29. The van der Waals surface area contributed by atoms with Crippen LogP contribution >= 0.6 is 0 Å². The first-order valence-corrected chi connectivity index (χ1v) is 13.0. The molecule has 9 heteroatoms. The van der Waals surface area contributed by atoms with Crippen LogP contribution in [0.15, 0.2) is 24.3 Å². The van der Waals surface area contributed by atoms with Crippen molar-refractivity contribution in [2.24, 2.45) is 13.0 Å². The molecular weight excluding hydrogens is 470 g/mol. The zero-order valence-corrected chi connectivity index (χ0v) is 20.8. The fourth-order valence-electron chi connectivity index (χ4n) is 5.54. The Morgan fingerprint density at radius 2 is 1.86 bits per heavy atom. The molecule has 2 aromatic rings. The van der Waals surface area contributed by atoms with Gasteiger partial charge in [-0.1, -0.05) is 17.9 Å². The number of hydrogen-bond acceptors (Lipinski definition) is 5. The van der Waals surface area contributed by atoms with Gasteiger partial charge in [-0.15, -0.1) is 0 Å². The SMILES string of the molecule is Cn1nc(C2CC2)cc1C(=O)N1CCC(C#Cc2cccc3c2CN(C2CCC(=O)NC2=O)C3=O)CC1. The molecular formula is C28H29N5O4. The van der Waals surface area contributed by atoms with Gasteiger partial charge in [0.15, 0.2) is 0 Å². The van der Waals surface area contributed by atoms with Crippen LogP contribution in [0.5, 0.6) is 0 Å². The fourth-order valence-corrected chi connectivity index (χ4v) is 5.54. The lowest BCUT2D eigenvalue weighted by Crippen LogP contribution is -2.52. The number of amides is 4. The van der Waals surface area contributed by atoms with Crippen molar-refractivity contribution in [1.29, 1.82) is 0 Å². The van der Waals surface area contributed by atoms with E-state index in [9.17, 15) is 19.2 Å². The molecule has 1 N–H and O–H groups in total. The minimum absolute atomic E-state index is 0.0289. The molecule has 1 aromatic carbocycles. The number of nitrogens with one attached hydrogen (secondary N) is 1. The van der Waals surface area contributed by atoms with Gasteiger partial charge in [-0.25, -0.2) is 0 Å². The van der Waals surface area contributed by atoms with Crippen LogP contribution in [0.2, 0.25) is 0 Å². The number of piperidine rings is 2. The van der Waals surface area contributed by atoms with E-state index in [1.54, 1.807) is 15.6 Å². The molecule has 6 rings (SSSR count). The molecule has 1 unspecified atom stereocenters. The highest BCUT2D eigenvalue weighted by molar-refractivity contribution is 6.05. The number of imide groups is 1. The Morgan fingerprint density at radius 1 is 1.08 bits per heavy atom. The number of likely N-dealkylation sites (tertiary alicyclic amines) is 1. The molecule has 0 bridgehead atoms. The van der Waals surface area contributed by atoms with Crippen molar-refractivity contribution in [3.8, 4) is 11.8 Å². The Hall–Kier alpha value is -3.93. The lowest BCUT2D eigenvalue weighted by atomic mass is 9.96. The average Bonchev–Trinajstić information content (AvgIpc) is 3.59. The van der Waals surface area contributed by atoms with Crippen molar-refractivity contribution in [2.75, 3.05) is 13.1 Å². The highest BCUT2D eigenvalue weighted by Crippen LogP contribution is 2.39. The summed E-state index contributed by atoms with van der Waals surface area (Å²) in [6.07, 6.45) is 4.46. The predicted molar refractivity (Wildman–Crippen MR) is 133 cm³/mol. The van der Waals surface area contributed by atoms with Crippen LogP contribution < -0.4 is 5.32 Å². The van der Waals surface area contributed by atoms with Crippen molar-refractivity contribution in [3.63, 3.8) is 0 Å². The maximum atomic E-state index is 13.1. The van der Waals surface area contributed by atoms with E-state index in [1.165, 1.54) is 0 Å². The van der Waals surface area contributed by atoms with Gasteiger partial charge in [0.2, 0.25) is 11.8 Å². The topological polar surface area (TPSA) is 105 Å². The molecule has 4 amide bonds. The van der Waals surface area contributed by atoms with Crippen LogP contribution in [0.3, 0.4) is 0 Å². The van der Waals surface area contributed by atoms with Crippen LogP contribution in [0.4, 0.5) is 0 Å². The summed E-state index contributed by atoms with van der Waals surface area (Å²) in [5.41, 5.74) is 3.87. The molecule has 3 aliphatic heterocycles. The van der Waals surface area contributed by atoms with Gasteiger partial charge in [0, 0.05) is 56.1 Å². The van der Waals surface area contributed by atoms with Gasteiger partial charge in [0.25, 0.3) is 11.8 Å². The average molecular weight is 500 g/mol. The fraction of sp³-hybridized carbons (Fsp3) is 0.464. The summed E-state index contributed by atoms with van der Waals surface area (Å²) in [6, 6.07) is 6.80.